The van der Waals surface area contributed by atoms with Gasteiger partial charge in [-0.15, -0.1) is 13.2 Å². The van der Waals surface area contributed by atoms with Gasteiger partial charge in [0, 0.05) is 12.8 Å². The molecule has 0 saturated heterocycles. The SMILES string of the molecule is C=CCC(=NC(C)(C)C)C(CC=C)=NC(C)(C)C. The van der Waals surface area contributed by atoms with Crippen molar-refractivity contribution in [2.45, 2.75) is 65.5 Å². The Morgan fingerprint density at radius 3 is 1.22 bits per heavy atom. The fraction of sp³-hybridized carbons (Fsp3) is 0.625. The second-order valence-electron chi connectivity index (χ2n) is 6.44. The van der Waals surface area contributed by atoms with Crippen LogP contribution in [0.3, 0.4) is 0 Å². The Morgan fingerprint density at radius 2 is 1.06 bits per heavy atom. The number of rotatable bonds is 5. The molecular weight excluding hydrogens is 220 g/mol. The van der Waals surface area contributed by atoms with Crippen LogP contribution in [0.2, 0.25) is 0 Å². The minimum absolute atomic E-state index is 0.0990. The first-order chi connectivity index (χ1) is 8.09. The number of hydrogen-bond donors (Lipinski definition) is 0. The van der Waals surface area contributed by atoms with Crippen molar-refractivity contribution >= 4 is 11.4 Å². The Kier molecular flexibility index (Phi) is 6.23. The monoisotopic (exact) mass is 248 g/mol. The van der Waals surface area contributed by atoms with E-state index in [2.05, 4.69) is 54.7 Å². The second kappa shape index (κ2) is 6.67. The van der Waals surface area contributed by atoms with Crippen LogP contribution in [-0.4, -0.2) is 22.5 Å². The van der Waals surface area contributed by atoms with Crippen LogP contribution in [0.5, 0.6) is 0 Å². The first-order valence-corrected chi connectivity index (χ1v) is 6.48. The van der Waals surface area contributed by atoms with Crippen molar-refractivity contribution in [2.24, 2.45) is 9.98 Å². The van der Waals surface area contributed by atoms with Crippen molar-refractivity contribution < 1.29 is 0 Å². The Bertz CT molecular complexity index is 310. The molecular formula is C16H28N2. The second-order valence-corrected chi connectivity index (χ2v) is 6.44. The molecule has 0 heterocycles. The van der Waals surface area contributed by atoms with Crippen molar-refractivity contribution in [1.82, 2.24) is 0 Å². The fourth-order valence-corrected chi connectivity index (χ4v) is 1.54. The van der Waals surface area contributed by atoms with Crippen LogP contribution >= 0.6 is 0 Å². The van der Waals surface area contributed by atoms with Crippen LogP contribution < -0.4 is 0 Å². The summed E-state index contributed by atoms with van der Waals surface area (Å²) in [7, 11) is 0. The average molecular weight is 248 g/mol. The minimum Gasteiger partial charge on any atom is -0.282 e. The topological polar surface area (TPSA) is 24.7 Å². The molecule has 0 aromatic carbocycles. The highest BCUT2D eigenvalue weighted by Crippen LogP contribution is 2.14. The lowest BCUT2D eigenvalue weighted by Crippen LogP contribution is -2.24. The standard InChI is InChI=1S/C16H28N2/c1-9-11-13(17-15(3,4)5)14(12-10-2)18-16(6,7)8/h9-10H,1-2,11-12H2,3-8H3. The van der Waals surface area contributed by atoms with E-state index in [9.17, 15) is 0 Å². The molecule has 2 heteroatoms. The summed E-state index contributed by atoms with van der Waals surface area (Å²) in [4.78, 5) is 9.54. The summed E-state index contributed by atoms with van der Waals surface area (Å²) >= 11 is 0. The lowest BCUT2D eigenvalue weighted by molar-refractivity contribution is 0.577. The number of nitrogens with zero attached hydrogens (tertiary/aromatic N) is 2. The lowest BCUT2D eigenvalue weighted by Gasteiger charge is -2.20. The van der Waals surface area contributed by atoms with Crippen molar-refractivity contribution in [3.05, 3.63) is 25.3 Å². The van der Waals surface area contributed by atoms with Crippen LogP contribution in [0.4, 0.5) is 0 Å². The quantitative estimate of drug-likeness (QED) is 0.501. The van der Waals surface area contributed by atoms with Gasteiger partial charge in [0.2, 0.25) is 0 Å². The third kappa shape index (κ3) is 7.99. The normalized spacial score (nSPS) is 14.6. The van der Waals surface area contributed by atoms with E-state index in [4.69, 9.17) is 9.98 Å². The van der Waals surface area contributed by atoms with Crippen LogP contribution in [0.1, 0.15) is 54.4 Å². The number of allylic oxidation sites excluding steroid dienone is 2. The molecule has 0 spiro atoms. The Hall–Kier alpha value is -1.18. The van der Waals surface area contributed by atoms with E-state index in [0.29, 0.717) is 0 Å². The predicted octanol–water partition coefficient (Wildman–Crippen LogP) is 4.62. The van der Waals surface area contributed by atoms with Crippen molar-refractivity contribution in [1.29, 1.82) is 0 Å². The zero-order valence-electron chi connectivity index (χ0n) is 12.9. The van der Waals surface area contributed by atoms with Gasteiger partial charge < -0.3 is 0 Å². The highest BCUT2D eigenvalue weighted by molar-refractivity contribution is 6.43. The van der Waals surface area contributed by atoms with Gasteiger partial charge in [-0.2, -0.15) is 0 Å². The maximum Gasteiger partial charge on any atom is 0.0605 e. The highest BCUT2D eigenvalue weighted by atomic mass is 14.9. The number of hydrogen-bond acceptors (Lipinski definition) is 2. The zero-order chi connectivity index (χ0) is 14.4. The smallest absolute Gasteiger partial charge is 0.0605 e. The van der Waals surface area contributed by atoms with Crippen LogP contribution in [-0.2, 0) is 0 Å². The summed E-state index contributed by atoms with van der Waals surface area (Å²) in [6, 6.07) is 0. The molecule has 0 fully saturated rings. The summed E-state index contributed by atoms with van der Waals surface area (Å²) in [5.41, 5.74) is 1.84. The van der Waals surface area contributed by atoms with E-state index in [1.807, 2.05) is 12.2 Å². The molecule has 0 radical (unpaired) electrons. The van der Waals surface area contributed by atoms with Crippen molar-refractivity contribution in [3.63, 3.8) is 0 Å². The molecule has 0 aliphatic heterocycles. The summed E-state index contributed by atoms with van der Waals surface area (Å²) in [6.07, 6.45) is 5.26. The molecule has 0 saturated carbocycles. The average Bonchev–Trinajstić information content (AvgIpc) is 2.12. The molecule has 18 heavy (non-hydrogen) atoms. The molecule has 0 unspecified atom stereocenters. The first-order valence-electron chi connectivity index (χ1n) is 6.48. The summed E-state index contributed by atoms with van der Waals surface area (Å²) in [5, 5.41) is 0. The predicted molar refractivity (Wildman–Crippen MR) is 84.0 cm³/mol. The Balaban J connectivity index is 5.51. The van der Waals surface area contributed by atoms with Gasteiger partial charge in [-0.3, -0.25) is 9.98 Å². The molecule has 0 N–H and O–H groups in total. The summed E-state index contributed by atoms with van der Waals surface area (Å²) in [5.74, 6) is 0. The van der Waals surface area contributed by atoms with E-state index >= 15 is 0 Å². The van der Waals surface area contributed by atoms with Gasteiger partial charge in [0.25, 0.3) is 0 Å². The number of aliphatic imine (C=N–C) groups is 2. The third-order valence-corrected chi connectivity index (χ3v) is 1.95. The van der Waals surface area contributed by atoms with Gasteiger partial charge in [-0.25, -0.2) is 0 Å². The molecule has 2 nitrogen and oxygen atoms in total. The van der Waals surface area contributed by atoms with Crippen LogP contribution in [0.15, 0.2) is 35.3 Å². The summed E-state index contributed by atoms with van der Waals surface area (Å²) in [6.45, 7) is 20.2. The molecule has 0 bridgehead atoms. The zero-order valence-corrected chi connectivity index (χ0v) is 12.9. The molecule has 102 valence electrons. The van der Waals surface area contributed by atoms with Gasteiger partial charge in [-0.05, 0) is 41.5 Å². The molecule has 0 aliphatic rings. The largest absolute Gasteiger partial charge is 0.282 e. The maximum atomic E-state index is 4.77. The molecule has 0 aromatic rings. The fourth-order valence-electron chi connectivity index (χ4n) is 1.54. The van der Waals surface area contributed by atoms with Gasteiger partial charge in [0.15, 0.2) is 0 Å². The Morgan fingerprint density at radius 1 is 0.778 bits per heavy atom. The van der Waals surface area contributed by atoms with Gasteiger partial charge in [-0.1, -0.05) is 12.2 Å². The molecule has 0 aliphatic carbocycles. The lowest BCUT2D eigenvalue weighted by atomic mass is 10.0. The molecule has 0 amide bonds. The van der Waals surface area contributed by atoms with E-state index in [1.54, 1.807) is 0 Å². The first kappa shape index (κ1) is 16.8. The van der Waals surface area contributed by atoms with E-state index in [0.717, 1.165) is 24.3 Å². The third-order valence-electron chi connectivity index (χ3n) is 1.95. The molecule has 0 aromatic heterocycles. The molecule has 0 atom stereocenters. The van der Waals surface area contributed by atoms with E-state index < -0.39 is 0 Å². The van der Waals surface area contributed by atoms with Crippen molar-refractivity contribution in [2.75, 3.05) is 0 Å². The summed E-state index contributed by atoms with van der Waals surface area (Å²) < 4.78 is 0. The van der Waals surface area contributed by atoms with Crippen molar-refractivity contribution in [3.8, 4) is 0 Å². The maximum absolute atomic E-state index is 4.77. The van der Waals surface area contributed by atoms with Gasteiger partial charge >= 0.3 is 0 Å². The molecule has 0 rings (SSSR count). The van der Waals surface area contributed by atoms with E-state index in [1.165, 1.54) is 0 Å². The van der Waals surface area contributed by atoms with Gasteiger partial charge in [0.05, 0.1) is 22.5 Å². The van der Waals surface area contributed by atoms with Crippen LogP contribution in [0.25, 0.3) is 0 Å². The highest BCUT2D eigenvalue weighted by Gasteiger charge is 2.16. The van der Waals surface area contributed by atoms with Crippen LogP contribution in [0, 0.1) is 0 Å². The van der Waals surface area contributed by atoms with E-state index in [-0.39, 0.29) is 11.1 Å². The minimum atomic E-state index is -0.0990. The Labute approximate surface area is 113 Å². The van der Waals surface area contributed by atoms with Gasteiger partial charge in [0.1, 0.15) is 0 Å².